The second kappa shape index (κ2) is 8.28. The summed E-state index contributed by atoms with van der Waals surface area (Å²) in [5.41, 5.74) is 3.61. The number of anilines is 1. The van der Waals surface area contributed by atoms with Gasteiger partial charge in [-0.05, 0) is 31.2 Å². The average Bonchev–Trinajstić information content (AvgIpc) is 2.47. The van der Waals surface area contributed by atoms with Gasteiger partial charge in [-0.25, -0.2) is 9.59 Å². The molecule has 2 N–H and O–H groups in total. The number of carboxylic acids is 1. The van der Waals surface area contributed by atoms with E-state index in [1.165, 1.54) is 0 Å². The molecule has 8 heteroatoms. The number of halogens is 2. The standard InChI is InChI=1S/C13H12Cl2N2O4/c1-2-21-13(20)8-3-5-9(6-4-8)17-16-7-10(14)11(15)12(18)19/h3-7,17H,2H2,1H3,(H,18,19)/b11-10-,16-7-. The van der Waals surface area contributed by atoms with E-state index in [9.17, 15) is 9.59 Å². The number of nitrogens with one attached hydrogen (secondary N) is 1. The molecule has 0 amide bonds. The van der Waals surface area contributed by atoms with Crippen molar-refractivity contribution < 1.29 is 19.4 Å². The first-order valence-electron chi connectivity index (χ1n) is 5.80. The first-order valence-corrected chi connectivity index (χ1v) is 6.56. The number of allylic oxidation sites excluding steroid dienone is 1. The van der Waals surface area contributed by atoms with Gasteiger partial charge >= 0.3 is 11.9 Å². The van der Waals surface area contributed by atoms with Crippen LogP contribution >= 0.6 is 23.2 Å². The topological polar surface area (TPSA) is 88.0 Å². The number of benzene rings is 1. The molecule has 0 unspecified atom stereocenters. The maximum atomic E-state index is 11.4. The fourth-order valence-electron chi connectivity index (χ4n) is 1.22. The molecule has 0 saturated carbocycles. The number of rotatable bonds is 6. The maximum absolute atomic E-state index is 11.4. The smallest absolute Gasteiger partial charge is 0.348 e. The number of ether oxygens (including phenoxy) is 1. The first kappa shape index (κ1) is 17.0. The Morgan fingerprint density at radius 1 is 1.33 bits per heavy atom. The van der Waals surface area contributed by atoms with Gasteiger partial charge in [-0.3, -0.25) is 5.43 Å². The van der Waals surface area contributed by atoms with Gasteiger partial charge in [0.05, 0.1) is 29.1 Å². The Balaban J connectivity index is 2.67. The van der Waals surface area contributed by atoms with Gasteiger partial charge in [-0.1, -0.05) is 23.2 Å². The van der Waals surface area contributed by atoms with Crippen LogP contribution in [0.2, 0.25) is 0 Å². The maximum Gasteiger partial charge on any atom is 0.348 e. The largest absolute Gasteiger partial charge is 0.477 e. The summed E-state index contributed by atoms with van der Waals surface area (Å²) in [6.07, 6.45) is 1.07. The number of hydrogen-bond acceptors (Lipinski definition) is 5. The van der Waals surface area contributed by atoms with Crippen LogP contribution in [0.4, 0.5) is 5.69 Å². The van der Waals surface area contributed by atoms with E-state index < -0.39 is 17.0 Å². The fourth-order valence-corrected chi connectivity index (χ4v) is 1.40. The molecule has 0 saturated heterocycles. The molecule has 0 heterocycles. The molecule has 1 rings (SSSR count). The summed E-state index contributed by atoms with van der Waals surface area (Å²) in [5, 5.41) is 11.6. The van der Waals surface area contributed by atoms with Crippen LogP contribution in [0.25, 0.3) is 0 Å². The van der Waals surface area contributed by atoms with Crippen molar-refractivity contribution in [2.45, 2.75) is 6.92 Å². The van der Waals surface area contributed by atoms with Gasteiger partial charge in [0.2, 0.25) is 0 Å². The molecule has 112 valence electrons. The van der Waals surface area contributed by atoms with Crippen molar-refractivity contribution >= 4 is 47.0 Å². The summed E-state index contributed by atoms with van der Waals surface area (Å²) in [6, 6.07) is 6.36. The van der Waals surface area contributed by atoms with Crippen molar-refractivity contribution in [1.29, 1.82) is 0 Å². The lowest BCUT2D eigenvalue weighted by atomic mass is 10.2. The Labute approximate surface area is 131 Å². The molecule has 0 bridgehead atoms. The highest BCUT2D eigenvalue weighted by Gasteiger charge is 2.08. The van der Waals surface area contributed by atoms with E-state index in [2.05, 4.69) is 10.5 Å². The van der Waals surface area contributed by atoms with Crippen LogP contribution in [0.1, 0.15) is 17.3 Å². The fraction of sp³-hybridized carbons (Fsp3) is 0.154. The van der Waals surface area contributed by atoms with Crippen molar-refractivity contribution in [3.63, 3.8) is 0 Å². The van der Waals surface area contributed by atoms with Crippen molar-refractivity contribution in [2.24, 2.45) is 5.10 Å². The normalized spacial score (nSPS) is 12.0. The zero-order chi connectivity index (χ0) is 15.8. The molecule has 0 fully saturated rings. The van der Waals surface area contributed by atoms with Crippen molar-refractivity contribution in [3.05, 3.63) is 39.9 Å². The third kappa shape index (κ3) is 5.45. The van der Waals surface area contributed by atoms with Crippen molar-refractivity contribution in [3.8, 4) is 0 Å². The zero-order valence-electron chi connectivity index (χ0n) is 11.0. The lowest BCUT2D eigenvalue weighted by Gasteiger charge is -2.03. The van der Waals surface area contributed by atoms with Gasteiger partial charge < -0.3 is 9.84 Å². The molecule has 0 aliphatic heterocycles. The monoisotopic (exact) mass is 330 g/mol. The third-order valence-corrected chi connectivity index (χ3v) is 2.91. The summed E-state index contributed by atoms with van der Waals surface area (Å²) in [4.78, 5) is 22.0. The van der Waals surface area contributed by atoms with E-state index in [-0.39, 0.29) is 5.03 Å². The Morgan fingerprint density at radius 2 is 1.95 bits per heavy atom. The van der Waals surface area contributed by atoms with Crippen LogP contribution in [0.5, 0.6) is 0 Å². The van der Waals surface area contributed by atoms with Gasteiger partial charge in [-0.15, -0.1) is 0 Å². The Bertz CT molecular complexity index is 582. The number of nitrogens with zero attached hydrogens (tertiary/aromatic N) is 1. The van der Waals surface area contributed by atoms with Crippen LogP contribution in [0.3, 0.4) is 0 Å². The molecule has 21 heavy (non-hydrogen) atoms. The number of hydrogen-bond donors (Lipinski definition) is 2. The molecule has 0 aliphatic carbocycles. The van der Waals surface area contributed by atoms with Gasteiger partial charge in [-0.2, -0.15) is 5.10 Å². The number of hydrazone groups is 1. The average molecular weight is 331 g/mol. The molecule has 0 atom stereocenters. The predicted molar refractivity (Wildman–Crippen MR) is 80.9 cm³/mol. The van der Waals surface area contributed by atoms with Gasteiger partial charge in [0.15, 0.2) is 0 Å². The second-order valence-electron chi connectivity index (χ2n) is 3.63. The van der Waals surface area contributed by atoms with Crippen molar-refractivity contribution in [1.82, 2.24) is 0 Å². The molecular formula is C13H12Cl2N2O4. The van der Waals surface area contributed by atoms with Crippen molar-refractivity contribution in [2.75, 3.05) is 12.0 Å². The van der Waals surface area contributed by atoms with Gasteiger partial charge in [0.1, 0.15) is 5.03 Å². The third-order valence-electron chi connectivity index (χ3n) is 2.17. The Morgan fingerprint density at radius 3 is 2.48 bits per heavy atom. The number of carbonyl (C=O) groups is 2. The SMILES string of the molecule is CCOC(=O)c1ccc(N/N=C\C(Cl)=C(\Cl)C(=O)O)cc1. The number of aliphatic carboxylic acids is 1. The minimum atomic E-state index is -1.34. The summed E-state index contributed by atoms with van der Waals surface area (Å²) >= 11 is 11.0. The van der Waals surface area contributed by atoms with E-state index >= 15 is 0 Å². The number of carboxylic acid groups (broad SMARTS) is 1. The highest BCUT2D eigenvalue weighted by Crippen LogP contribution is 2.13. The molecule has 0 radical (unpaired) electrons. The van der Waals surface area contributed by atoms with Crippen LogP contribution in [-0.2, 0) is 9.53 Å². The lowest BCUT2D eigenvalue weighted by Crippen LogP contribution is -2.04. The summed E-state index contributed by atoms with van der Waals surface area (Å²) in [7, 11) is 0. The van der Waals surface area contributed by atoms with Crippen LogP contribution in [0.15, 0.2) is 39.4 Å². The minimum absolute atomic E-state index is 0.209. The second-order valence-corrected chi connectivity index (χ2v) is 4.42. The number of carbonyl (C=O) groups excluding carboxylic acids is 1. The van der Waals surface area contributed by atoms with E-state index in [1.54, 1.807) is 31.2 Å². The molecule has 0 aliphatic rings. The first-order chi connectivity index (χ1) is 9.95. The highest BCUT2D eigenvalue weighted by molar-refractivity contribution is 6.51. The Kier molecular flexibility index (Phi) is 6.71. The molecular weight excluding hydrogens is 319 g/mol. The van der Waals surface area contributed by atoms with Gasteiger partial charge in [0, 0.05) is 0 Å². The molecule has 6 nitrogen and oxygen atoms in total. The molecule has 1 aromatic rings. The lowest BCUT2D eigenvalue weighted by molar-refractivity contribution is -0.131. The van der Waals surface area contributed by atoms with E-state index in [0.717, 1.165) is 6.21 Å². The molecule has 1 aromatic carbocycles. The van der Waals surface area contributed by atoms with E-state index in [1.807, 2.05) is 0 Å². The summed E-state index contributed by atoms with van der Waals surface area (Å²) in [5.74, 6) is -1.75. The van der Waals surface area contributed by atoms with E-state index in [0.29, 0.717) is 17.9 Å². The van der Waals surface area contributed by atoms with Crippen LogP contribution in [-0.4, -0.2) is 29.9 Å². The zero-order valence-corrected chi connectivity index (χ0v) is 12.5. The molecule has 0 aromatic heterocycles. The van der Waals surface area contributed by atoms with Gasteiger partial charge in [0.25, 0.3) is 0 Å². The quantitative estimate of drug-likeness (QED) is 0.362. The minimum Gasteiger partial charge on any atom is -0.477 e. The van der Waals surface area contributed by atoms with Crippen LogP contribution < -0.4 is 5.43 Å². The summed E-state index contributed by atoms with van der Waals surface area (Å²) in [6.45, 7) is 2.03. The number of esters is 1. The molecule has 0 spiro atoms. The predicted octanol–water partition coefficient (Wildman–Crippen LogP) is 3.03. The summed E-state index contributed by atoms with van der Waals surface area (Å²) < 4.78 is 4.85. The van der Waals surface area contributed by atoms with Crippen LogP contribution in [0, 0.1) is 0 Å². The van der Waals surface area contributed by atoms with E-state index in [4.69, 9.17) is 33.0 Å². The Hall–Kier alpha value is -2.05. The highest BCUT2D eigenvalue weighted by atomic mass is 35.5.